The Bertz CT molecular complexity index is 1690. The smallest absolute Gasteiger partial charge is 0.335 e. The predicted molar refractivity (Wildman–Crippen MR) is 136 cm³/mol. The van der Waals surface area contributed by atoms with Crippen molar-refractivity contribution >= 4 is 22.7 Å². The molecule has 0 aliphatic carbocycles. The standard InChI is InChI=1S/C27H23N5O3/c1-17-24(18(2)31(30-17)16-19-9-4-3-5-10-19)28-15-22-25(33)29-27(35)32(26(22)34)23-14-8-12-20-11-6-7-13-21(20)23/h3-15,34H,16H2,1-2H3,(H,29,33,35). The van der Waals surface area contributed by atoms with E-state index in [2.05, 4.69) is 15.1 Å². The Morgan fingerprint density at radius 3 is 2.49 bits per heavy atom. The zero-order valence-electron chi connectivity index (χ0n) is 19.3. The number of aliphatic imine (C=N–C) groups is 1. The molecule has 0 saturated carbocycles. The summed E-state index contributed by atoms with van der Waals surface area (Å²) in [5.74, 6) is -0.481. The van der Waals surface area contributed by atoms with Gasteiger partial charge in [-0.1, -0.05) is 66.7 Å². The van der Waals surface area contributed by atoms with Gasteiger partial charge in [0.2, 0.25) is 5.88 Å². The van der Waals surface area contributed by atoms with E-state index >= 15 is 0 Å². The van der Waals surface area contributed by atoms with Gasteiger partial charge < -0.3 is 5.11 Å². The van der Waals surface area contributed by atoms with Crippen LogP contribution in [0.25, 0.3) is 16.5 Å². The van der Waals surface area contributed by atoms with Crippen molar-refractivity contribution in [2.45, 2.75) is 20.4 Å². The van der Waals surface area contributed by atoms with Gasteiger partial charge in [-0.15, -0.1) is 0 Å². The Hall–Kier alpha value is -4.72. The summed E-state index contributed by atoms with van der Waals surface area (Å²) < 4.78 is 2.93. The molecule has 0 saturated heterocycles. The van der Waals surface area contributed by atoms with Gasteiger partial charge in [0.1, 0.15) is 11.3 Å². The molecule has 2 N–H and O–H groups in total. The second-order valence-electron chi connectivity index (χ2n) is 8.25. The minimum atomic E-state index is -0.732. The summed E-state index contributed by atoms with van der Waals surface area (Å²) in [5, 5.41) is 17.2. The van der Waals surface area contributed by atoms with E-state index < -0.39 is 17.1 Å². The molecule has 8 heteroatoms. The number of aryl methyl sites for hydroxylation is 1. The molecule has 0 fully saturated rings. The lowest BCUT2D eigenvalue weighted by molar-refractivity contribution is 0.430. The molecular weight excluding hydrogens is 442 g/mol. The maximum atomic E-state index is 12.7. The quantitative estimate of drug-likeness (QED) is 0.383. The fraction of sp³-hybridized carbons (Fsp3) is 0.111. The van der Waals surface area contributed by atoms with Gasteiger partial charge >= 0.3 is 5.69 Å². The van der Waals surface area contributed by atoms with Gasteiger partial charge in [0.15, 0.2) is 0 Å². The monoisotopic (exact) mass is 465 g/mol. The van der Waals surface area contributed by atoms with Crippen molar-refractivity contribution in [3.8, 4) is 11.6 Å². The first-order valence-electron chi connectivity index (χ1n) is 11.1. The van der Waals surface area contributed by atoms with Gasteiger partial charge in [0.05, 0.1) is 23.6 Å². The molecule has 35 heavy (non-hydrogen) atoms. The maximum Gasteiger partial charge on any atom is 0.335 e. The Labute approximate surface area is 200 Å². The van der Waals surface area contributed by atoms with E-state index in [9.17, 15) is 14.7 Å². The van der Waals surface area contributed by atoms with Gasteiger partial charge in [-0.05, 0) is 30.9 Å². The van der Waals surface area contributed by atoms with Crippen molar-refractivity contribution in [3.05, 3.63) is 116 Å². The third-order valence-electron chi connectivity index (χ3n) is 5.97. The zero-order valence-corrected chi connectivity index (χ0v) is 19.3. The summed E-state index contributed by atoms with van der Waals surface area (Å²) in [6, 6.07) is 22.9. The normalized spacial score (nSPS) is 11.5. The van der Waals surface area contributed by atoms with E-state index in [4.69, 9.17) is 0 Å². The highest BCUT2D eigenvalue weighted by atomic mass is 16.3. The molecular formula is C27H23N5O3. The largest absolute Gasteiger partial charge is 0.493 e. The highest BCUT2D eigenvalue weighted by Crippen LogP contribution is 2.26. The van der Waals surface area contributed by atoms with Gasteiger partial charge in [-0.25, -0.2) is 9.36 Å². The molecule has 174 valence electrons. The third kappa shape index (κ3) is 4.06. The second-order valence-corrected chi connectivity index (χ2v) is 8.25. The van der Waals surface area contributed by atoms with Crippen LogP contribution in [-0.4, -0.2) is 30.7 Å². The summed E-state index contributed by atoms with van der Waals surface area (Å²) in [7, 11) is 0. The molecule has 5 rings (SSSR count). The minimum absolute atomic E-state index is 0.118. The van der Waals surface area contributed by atoms with Gasteiger partial charge in [0, 0.05) is 11.6 Å². The number of hydrogen-bond acceptors (Lipinski definition) is 5. The lowest BCUT2D eigenvalue weighted by Crippen LogP contribution is -2.31. The fourth-order valence-corrected chi connectivity index (χ4v) is 4.20. The molecule has 8 nitrogen and oxygen atoms in total. The van der Waals surface area contributed by atoms with Crippen molar-refractivity contribution in [1.29, 1.82) is 0 Å². The van der Waals surface area contributed by atoms with Gasteiger partial charge in [-0.3, -0.25) is 19.5 Å². The van der Waals surface area contributed by atoms with Crippen molar-refractivity contribution < 1.29 is 5.11 Å². The van der Waals surface area contributed by atoms with Crippen LogP contribution in [0.4, 0.5) is 5.69 Å². The van der Waals surface area contributed by atoms with E-state index in [0.717, 1.165) is 26.6 Å². The Morgan fingerprint density at radius 2 is 1.69 bits per heavy atom. The third-order valence-corrected chi connectivity index (χ3v) is 5.97. The van der Waals surface area contributed by atoms with E-state index in [1.54, 1.807) is 12.1 Å². The molecule has 5 aromatic rings. The molecule has 0 bridgehead atoms. The molecule has 3 aromatic carbocycles. The number of H-pyrrole nitrogens is 1. The van der Waals surface area contributed by atoms with Crippen molar-refractivity contribution in [3.63, 3.8) is 0 Å². The van der Waals surface area contributed by atoms with Crippen LogP contribution in [0.1, 0.15) is 22.5 Å². The van der Waals surface area contributed by atoms with Crippen molar-refractivity contribution in [2.75, 3.05) is 0 Å². The summed E-state index contributed by atoms with van der Waals surface area (Å²) in [4.78, 5) is 32.1. The molecule has 2 heterocycles. The van der Waals surface area contributed by atoms with Crippen LogP contribution in [0.2, 0.25) is 0 Å². The maximum absolute atomic E-state index is 12.7. The Balaban J connectivity index is 1.58. The van der Waals surface area contributed by atoms with Crippen LogP contribution in [0.5, 0.6) is 5.88 Å². The number of hydrogen-bond donors (Lipinski definition) is 2. The highest BCUT2D eigenvalue weighted by Gasteiger charge is 2.17. The van der Waals surface area contributed by atoms with Crippen LogP contribution in [0.3, 0.4) is 0 Å². The van der Waals surface area contributed by atoms with E-state index in [1.807, 2.05) is 79.2 Å². The highest BCUT2D eigenvalue weighted by molar-refractivity contribution is 5.91. The number of aromatic nitrogens is 4. The summed E-state index contributed by atoms with van der Waals surface area (Å²) in [6.07, 6.45) is 1.28. The first kappa shape index (κ1) is 22.1. The number of aromatic hydroxyl groups is 1. The van der Waals surface area contributed by atoms with Gasteiger partial charge in [-0.2, -0.15) is 5.10 Å². The lowest BCUT2D eigenvalue weighted by Gasteiger charge is -2.12. The number of benzene rings is 3. The Morgan fingerprint density at radius 1 is 0.971 bits per heavy atom. The molecule has 0 aliphatic heterocycles. The molecule has 0 atom stereocenters. The van der Waals surface area contributed by atoms with Crippen LogP contribution >= 0.6 is 0 Å². The average molecular weight is 466 g/mol. The molecule has 0 radical (unpaired) electrons. The lowest BCUT2D eigenvalue weighted by atomic mass is 10.1. The molecule has 0 aliphatic rings. The van der Waals surface area contributed by atoms with Crippen LogP contribution in [-0.2, 0) is 6.54 Å². The Kier molecular flexibility index (Phi) is 5.62. The van der Waals surface area contributed by atoms with Crippen molar-refractivity contribution in [1.82, 2.24) is 19.3 Å². The molecule has 0 amide bonds. The van der Waals surface area contributed by atoms with Crippen LogP contribution in [0.15, 0.2) is 87.4 Å². The van der Waals surface area contributed by atoms with E-state index in [0.29, 0.717) is 23.6 Å². The minimum Gasteiger partial charge on any atom is -0.493 e. The fourth-order valence-electron chi connectivity index (χ4n) is 4.20. The second kappa shape index (κ2) is 8.90. The SMILES string of the molecule is Cc1nn(Cc2ccccc2)c(C)c1N=Cc1c(O)n(-c2cccc3ccccc23)c(=O)[nH]c1=O. The zero-order chi connectivity index (χ0) is 24.5. The number of aromatic amines is 1. The first-order valence-corrected chi connectivity index (χ1v) is 11.1. The van der Waals surface area contributed by atoms with Gasteiger partial charge in [0.25, 0.3) is 5.56 Å². The molecule has 0 unspecified atom stereocenters. The number of nitrogens with one attached hydrogen (secondary N) is 1. The first-order chi connectivity index (χ1) is 16.9. The molecule has 0 spiro atoms. The summed E-state index contributed by atoms with van der Waals surface area (Å²) in [5.41, 5.74) is 2.09. The number of fused-ring (bicyclic) bond motifs is 1. The topological polar surface area (TPSA) is 105 Å². The van der Waals surface area contributed by atoms with E-state index in [1.165, 1.54) is 6.21 Å². The number of nitrogens with zero attached hydrogens (tertiary/aromatic N) is 4. The average Bonchev–Trinajstić information content (AvgIpc) is 3.11. The predicted octanol–water partition coefficient (Wildman–Crippen LogP) is 4.00. The number of rotatable bonds is 5. The summed E-state index contributed by atoms with van der Waals surface area (Å²) >= 11 is 0. The van der Waals surface area contributed by atoms with E-state index in [-0.39, 0.29) is 5.56 Å². The van der Waals surface area contributed by atoms with Crippen LogP contribution in [0, 0.1) is 13.8 Å². The summed E-state index contributed by atoms with van der Waals surface area (Å²) in [6.45, 7) is 4.32. The molecule has 2 aromatic heterocycles. The van der Waals surface area contributed by atoms with Crippen molar-refractivity contribution in [2.24, 2.45) is 4.99 Å². The van der Waals surface area contributed by atoms with Crippen LogP contribution < -0.4 is 11.2 Å².